The van der Waals surface area contributed by atoms with Crippen molar-refractivity contribution in [3.05, 3.63) is 88.2 Å². The molecule has 0 aliphatic rings. The van der Waals surface area contributed by atoms with E-state index in [0.717, 1.165) is 5.56 Å². The lowest BCUT2D eigenvalue weighted by molar-refractivity contribution is -0.384. The summed E-state index contributed by atoms with van der Waals surface area (Å²) in [4.78, 5) is 19.0. The molecule has 0 saturated carbocycles. The first-order valence-electron chi connectivity index (χ1n) is 8.59. The average molecular weight is 377 g/mol. The van der Waals surface area contributed by atoms with Crippen molar-refractivity contribution in [2.75, 3.05) is 5.32 Å². The predicted molar refractivity (Wildman–Crippen MR) is 104 cm³/mol. The van der Waals surface area contributed by atoms with Gasteiger partial charge < -0.3 is 9.88 Å². The highest BCUT2D eigenvalue weighted by molar-refractivity contribution is 5.82. The smallest absolute Gasteiger partial charge is 0.270 e. The number of rotatable bonds is 5. The van der Waals surface area contributed by atoms with Crippen molar-refractivity contribution in [2.45, 2.75) is 13.5 Å². The van der Waals surface area contributed by atoms with Gasteiger partial charge in [-0.3, -0.25) is 10.1 Å². The van der Waals surface area contributed by atoms with Gasteiger partial charge in [-0.25, -0.2) is 14.4 Å². The average Bonchev–Trinajstić information content (AvgIpc) is 3.11. The Hall–Kier alpha value is -3.81. The van der Waals surface area contributed by atoms with E-state index >= 15 is 0 Å². The molecule has 0 amide bonds. The number of benzene rings is 2. The lowest BCUT2D eigenvalue weighted by Crippen LogP contribution is -2.04. The Kier molecular flexibility index (Phi) is 4.44. The fourth-order valence-electron chi connectivity index (χ4n) is 3.01. The van der Waals surface area contributed by atoms with Crippen LogP contribution in [0.25, 0.3) is 16.6 Å². The number of imidazole rings is 1. The fraction of sp³-hybridized carbons (Fsp3) is 0.100. The Morgan fingerprint density at radius 1 is 1.18 bits per heavy atom. The molecule has 0 atom stereocenters. The molecule has 8 heteroatoms. The van der Waals surface area contributed by atoms with Gasteiger partial charge in [0.25, 0.3) is 5.69 Å². The molecule has 0 fully saturated rings. The topological polar surface area (TPSA) is 85.9 Å². The number of nitro benzene ring substituents is 1. The van der Waals surface area contributed by atoms with E-state index in [1.54, 1.807) is 41.2 Å². The first kappa shape index (κ1) is 17.6. The molecule has 4 rings (SSSR count). The van der Waals surface area contributed by atoms with Gasteiger partial charge in [0.2, 0.25) is 0 Å². The number of non-ortho nitro benzene ring substituents is 1. The van der Waals surface area contributed by atoms with Crippen LogP contribution < -0.4 is 5.32 Å². The highest BCUT2D eigenvalue weighted by atomic mass is 19.1. The number of halogens is 1. The lowest BCUT2D eigenvalue weighted by atomic mass is 10.2. The van der Waals surface area contributed by atoms with Gasteiger partial charge in [0.15, 0.2) is 0 Å². The summed E-state index contributed by atoms with van der Waals surface area (Å²) in [6, 6.07) is 13.1. The van der Waals surface area contributed by atoms with Crippen LogP contribution in [0.3, 0.4) is 0 Å². The lowest BCUT2D eigenvalue weighted by Gasteiger charge is -2.10. The molecule has 0 saturated heterocycles. The maximum absolute atomic E-state index is 14.5. The summed E-state index contributed by atoms with van der Waals surface area (Å²) < 4.78 is 16.2. The fourth-order valence-corrected chi connectivity index (χ4v) is 3.01. The number of pyridine rings is 1. The van der Waals surface area contributed by atoms with Gasteiger partial charge in [0, 0.05) is 36.5 Å². The first-order valence-corrected chi connectivity index (χ1v) is 8.59. The summed E-state index contributed by atoms with van der Waals surface area (Å²) in [6.07, 6.45) is 3.35. The van der Waals surface area contributed by atoms with Gasteiger partial charge in [-0.2, -0.15) is 0 Å². The molecule has 7 nitrogen and oxygen atoms in total. The van der Waals surface area contributed by atoms with Crippen LogP contribution in [0, 0.1) is 22.9 Å². The van der Waals surface area contributed by atoms with Crippen LogP contribution in [0.15, 0.2) is 60.9 Å². The van der Waals surface area contributed by atoms with Gasteiger partial charge in [0.1, 0.15) is 17.5 Å². The van der Waals surface area contributed by atoms with E-state index in [4.69, 9.17) is 0 Å². The van der Waals surface area contributed by atoms with Crippen LogP contribution in [0.4, 0.5) is 15.9 Å². The first-order chi connectivity index (χ1) is 13.5. The Balaban J connectivity index is 1.51. The van der Waals surface area contributed by atoms with Crippen molar-refractivity contribution in [3.8, 4) is 5.69 Å². The van der Waals surface area contributed by atoms with E-state index in [0.29, 0.717) is 34.8 Å². The van der Waals surface area contributed by atoms with Crippen molar-refractivity contribution >= 4 is 22.4 Å². The van der Waals surface area contributed by atoms with E-state index in [1.165, 1.54) is 18.2 Å². The summed E-state index contributed by atoms with van der Waals surface area (Å²) in [5.74, 6) is 0.987. The van der Waals surface area contributed by atoms with Gasteiger partial charge in [-0.15, -0.1) is 0 Å². The molecule has 0 bridgehead atoms. The molecule has 2 aromatic carbocycles. The summed E-state index contributed by atoms with van der Waals surface area (Å²) in [5.41, 5.74) is 1.89. The van der Waals surface area contributed by atoms with Crippen molar-refractivity contribution in [2.24, 2.45) is 0 Å². The zero-order valence-electron chi connectivity index (χ0n) is 15.0. The largest absolute Gasteiger partial charge is 0.366 e. The third kappa shape index (κ3) is 3.39. The summed E-state index contributed by atoms with van der Waals surface area (Å²) in [5, 5.41) is 14.7. The minimum Gasteiger partial charge on any atom is -0.366 e. The summed E-state index contributed by atoms with van der Waals surface area (Å²) >= 11 is 0. The number of nitrogens with one attached hydrogen (secondary N) is 1. The van der Waals surface area contributed by atoms with Gasteiger partial charge >= 0.3 is 0 Å². The van der Waals surface area contributed by atoms with Gasteiger partial charge in [-0.1, -0.05) is 6.07 Å². The van der Waals surface area contributed by atoms with Crippen molar-refractivity contribution in [1.82, 2.24) is 14.5 Å². The van der Waals surface area contributed by atoms with Gasteiger partial charge in [0.05, 0.1) is 16.1 Å². The Morgan fingerprint density at radius 3 is 2.75 bits per heavy atom. The van der Waals surface area contributed by atoms with Crippen LogP contribution in [-0.2, 0) is 6.54 Å². The second-order valence-corrected chi connectivity index (χ2v) is 6.31. The van der Waals surface area contributed by atoms with E-state index in [-0.39, 0.29) is 11.5 Å². The molecule has 0 aliphatic carbocycles. The molecular formula is C20H16FN5O2. The normalized spacial score (nSPS) is 10.9. The third-order valence-corrected chi connectivity index (χ3v) is 4.45. The molecule has 140 valence electrons. The van der Waals surface area contributed by atoms with E-state index in [2.05, 4.69) is 15.3 Å². The Morgan fingerprint density at radius 2 is 2.04 bits per heavy atom. The van der Waals surface area contributed by atoms with Crippen LogP contribution in [-0.4, -0.2) is 19.5 Å². The highest BCUT2D eigenvalue weighted by Crippen LogP contribution is 2.22. The van der Waals surface area contributed by atoms with E-state index < -0.39 is 4.92 Å². The number of aromatic nitrogens is 3. The highest BCUT2D eigenvalue weighted by Gasteiger charge is 2.09. The van der Waals surface area contributed by atoms with E-state index in [1.807, 2.05) is 13.0 Å². The number of hydrogen-bond donors (Lipinski definition) is 1. The number of nitrogens with zero attached hydrogens (tertiary/aromatic N) is 4. The molecular weight excluding hydrogens is 361 g/mol. The molecule has 2 heterocycles. The van der Waals surface area contributed by atoms with Crippen LogP contribution in [0.2, 0.25) is 0 Å². The van der Waals surface area contributed by atoms with Crippen LogP contribution >= 0.6 is 0 Å². The van der Waals surface area contributed by atoms with Crippen molar-refractivity contribution in [1.29, 1.82) is 0 Å². The molecule has 4 aromatic rings. The monoisotopic (exact) mass is 377 g/mol. The molecule has 0 aliphatic heterocycles. The minimum absolute atomic E-state index is 0.0266. The number of fused-ring (bicyclic) bond motifs is 1. The number of hydrogen-bond acceptors (Lipinski definition) is 5. The molecule has 0 unspecified atom stereocenters. The summed E-state index contributed by atoms with van der Waals surface area (Å²) in [6.45, 7) is 2.21. The van der Waals surface area contributed by atoms with Crippen molar-refractivity contribution < 1.29 is 9.31 Å². The number of anilines is 1. The second-order valence-electron chi connectivity index (χ2n) is 6.31. The zero-order valence-corrected chi connectivity index (χ0v) is 15.0. The standard InChI is InChI=1S/C20H16FN5O2/c1-13-22-8-9-25(13)19-6-2-14(10-17(19)21)12-23-20-7-3-15-11-16(26(27)28)4-5-18(15)24-20/h2-11H,12H2,1H3,(H,23,24). The maximum atomic E-state index is 14.5. The quantitative estimate of drug-likeness (QED) is 0.412. The third-order valence-electron chi connectivity index (χ3n) is 4.45. The predicted octanol–water partition coefficient (Wildman–Crippen LogP) is 4.39. The zero-order chi connectivity index (χ0) is 19.7. The maximum Gasteiger partial charge on any atom is 0.270 e. The van der Waals surface area contributed by atoms with Gasteiger partial charge in [-0.05, 0) is 42.8 Å². The molecule has 1 N–H and O–H groups in total. The molecule has 0 radical (unpaired) electrons. The minimum atomic E-state index is -0.435. The van der Waals surface area contributed by atoms with Crippen LogP contribution in [0.5, 0.6) is 0 Å². The van der Waals surface area contributed by atoms with E-state index in [9.17, 15) is 14.5 Å². The Bertz CT molecular complexity index is 1190. The Labute approximate surface area is 159 Å². The van der Waals surface area contributed by atoms with Crippen LogP contribution in [0.1, 0.15) is 11.4 Å². The second kappa shape index (κ2) is 7.07. The van der Waals surface area contributed by atoms with Crippen molar-refractivity contribution in [3.63, 3.8) is 0 Å². The molecule has 0 spiro atoms. The molecule has 28 heavy (non-hydrogen) atoms. The number of nitro groups is 1. The SMILES string of the molecule is Cc1nccn1-c1ccc(CNc2ccc3cc([N+](=O)[O-])ccc3n2)cc1F. The summed E-state index contributed by atoms with van der Waals surface area (Å²) in [7, 11) is 0. The molecule has 2 aromatic heterocycles. The number of aryl methyl sites for hydroxylation is 1.